The monoisotopic (exact) mass is 234 g/mol. The SMILES string of the molecule is CCC(C)(C)CNCc1ccc(N(C)C)cc1. The predicted molar refractivity (Wildman–Crippen MR) is 76.5 cm³/mol. The summed E-state index contributed by atoms with van der Waals surface area (Å²) in [5.41, 5.74) is 2.99. The topological polar surface area (TPSA) is 15.3 Å². The molecule has 1 N–H and O–H groups in total. The Balaban J connectivity index is 2.42. The van der Waals surface area contributed by atoms with Gasteiger partial charge in [-0.15, -0.1) is 0 Å². The van der Waals surface area contributed by atoms with Crippen LogP contribution in [0.3, 0.4) is 0 Å². The van der Waals surface area contributed by atoms with Gasteiger partial charge in [0, 0.05) is 32.9 Å². The molecule has 0 aliphatic heterocycles. The Kier molecular flexibility index (Phi) is 5.01. The van der Waals surface area contributed by atoms with E-state index in [0.717, 1.165) is 13.1 Å². The van der Waals surface area contributed by atoms with E-state index < -0.39 is 0 Å². The minimum absolute atomic E-state index is 0.392. The summed E-state index contributed by atoms with van der Waals surface area (Å²) in [5, 5.41) is 3.53. The number of nitrogens with zero attached hydrogens (tertiary/aromatic N) is 1. The van der Waals surface area contributed by atoms with Crippen molar-refractivity contribution >= 4 is 5.69 Å². The molecule has 0 atom stereocenters. The predicted octanol–water partition coefficient (Wildman–Crippen LogP) is 3.28. The Hall–Kier alpha value is -1.02. The quantitative estimate of drug-likeness (QED) is 0.812. The first-order chi connectivity index (χ1) is 7.94. The van der Waals surface area contributed by atoms with E-state index in [2.05, 4.69) is 69.3 Å². The number of benzene rings is 1. The molecule has 0 bridgehead atoms. The Morgan fingerprint density at radius 3 is 2.18 bits per heavy atom. The van der Waals surface area contributed by atoms with Gasteiger partial charge in [-0.05, 0) is 29.5 Å². The molecule has 0 saturated carbocycles. The van der Waals surface area contributed by atoms with Gasteiger partial charge in [0.05, 0.1) is 0 Å². The number of rotatable bonds is 6. The molecule has 0 amide bonds. The fourth-order valence-electron chi connectivity index (χ4n) is 1.58. The van der Waals surface area contributed by atoms with Crippen molar-refractivity contribution in [3.8, 4) is 0 Å². The van der Waals surface area contributed by atoms with Crippen LogP contribution in [0.25, 0.3) is 0 Å². The lowest BCUT2D eigenvalue weighted by Gasteiger charge is -2.23. The van der Waals surface area contributed by atoms with Crippen LogP contribution in [-0.2, 0) is 6.54 Å². The summed E-state index contributed by atoms with van der Waals surface area (Å²) < 4.78 is 0. The van der Waals surface area contributed by atoms with Crippen molar-refractivity contribution in [2.24, 2.45) is 5.41 Å². The number of nitrogens with one attached hydrogen (secondary N) is 1. The van der Waals surface area contributed by atoms with Gasteiger partial charge in [-0.3, -0.25) is 0 Å². The summed E-state index contributed by atoms with van der Waals surface area (Å²) in [6.45, 7) is 8.87. The highest BCUT2D eigenvalue weighted by atomic mass is 15.1. The van der Waals surface area contributed by atoms with Crippen LogP contribution in [0.2, 0.25) is 0 Å². The molecular formula is C15H26N2. The number of hydrogen-bond acceptors (Lipinski definition) is 2. The fourth-order valence-corrected chi connectivity index (χ4v) is 1.58. The maximum atomic E-state index is 3.53. The lowest BCUT2D eigenvalue weighted by Crippen LogP contribution is -2.28. The van der Waals surface area contributed by atoms with Gasteiger partial charge in [-0.25, -0.2) is 0 Å². The van der Waals surface area contributed by atoms with E-state index in [1.165, 1.54) is 17.7 Å². The van der Waals surface area contributed by atoms with Crippen LogP contribution in [-0.4, -0.2) is 20.6 Å². The first kappa shape index (κ1) is 14.0. The van der Waals surface area contributed by atoms with E-state index in [1.807, 2.05) is 0 Å². The highest BCUT2D eigenvalue weighted by molar-refractivity contribution is 5.45. The average molecular weight is 234 g/mol. The van der Waals surface area contributed by atoms with Crippen molar-refractivity contribution in [2.45, 2.75) is 33.7 Å². The molecule has 0 spiro atoms. The van der Waals surface area contributed by atoms with Crippen molar-refractivity contribution in [1.82, 2.24) is 5.32 Å². The van der Waals surface area contributed by atoms with Gasteiger partial charge in [-0.1, -0.05) is 32.9 Å². The molecule has 2 nitrogen and oxygen atoms in total. The van der Waals surface area contributed by atoms with Crippen LogP contribution in [0.1, 0.15) is 32.8 Å². The highest BCUT2D eigenvalue weighted by Crippen LogP contribution is 2.18. The molecule has 0 saturated heterocycles. The minimum Gasteiger partial charge on any atom is -0.378 e. The molecule has 0 radical (unpaired) electrons. The summed E-state index contributed by atoms with van der Waals surface area (Å²) in [7, 11) is 4.13. The van der Waals surface area contributed by atoms with Gasteiger partial charge in [-0.2, -0.15) is 0 Å². The van der Waals surface area contributed by atoms with Crippen LogP contribution < -0.4 is 10.2 Å². The van der Waals surface area contributed by atoms with E-state index in [1.54, 1.807) is 0 Å². The van der Waals surface area contributed by atoms with Crippen molar-refractivity contribution < 1.29 is 0 Å². The smallest absolute Gasteiger partial charge is 0.0361 e. The van der Waals surface area contributed by atoms with Gasteiger partial charge in [0.1, 0.15) is 0 Å². The Labute approximate surface area is 106 Å². The third-order valence-electron chi connectivity index (χ3n) is 3.34. The van der Waals surface area contributed by atoms with Crippen molar-refractivity contribution in [1.29, 1.82) is 0 Å². The van der Waals surface area contributed by atoms with Gasteiger partial charge >= 0.3 is 0 Å². The summed E-state index contributed by atoms with van der Waals surface area (Å²) in [6, 6.07) is 8.73. The Morgan fingerprint density at radius 2 is 1.71 bits per heavy atom. The van der Waals surface area contributed by atoms with Crippen molar-refractivity contribution in [2.75, 3.05) is 25.5 Å². The third kappa shape index (κ3) is 4.78. The van der Waals surface area contributed by atoms with E-state index in [9.17, 15) is 0 Å². The van der Waals surface area contributed by atoms with E-state index in [0.29, 0.717) is 5.41 Å². The molecule has 1 rings (SSSR count). The van der Waals surface area contributed by atoms with Crippen molar-refractivity contribution in [3.63, 3.8) is 0 Å². The third-order valence-corrected chi connectivity index (χ3v) is 3.34. The second-order valence-corrected chi connectivity index (χ2v) is 5.68. The summed E-state index contributed by atoms with van der Waals surface area (Å²) in [5.74, 6) is 0. The number of hydrogen-bond donors (Lipinski definition) is 1. The molecule has 1 aromatic rings. The van der Waals surface area contributed by atoms with Crippen LogP contribution in [0.15, 0.2) is 24.3 Å². The molecule has 1 aromatic carbocycles. The Bertz CT molecular complexity index is 325. The first-order valence-electron chi connectivity index (χ1n) is 6.41. The van der Waals surface area contributed by atoms with Crippen LogP contribution in [0, 0.1) is 5.41 Å². The Morgan fingerprint density at radius 1 is 1.12 bits per heavy atom. The maximum absolute atomic E-state index is 3.53. The molecule has 2 heteroatoms. The summed E-state index contributed by atoms with van der Waals surface area (Å²) in [6.07, 6.45) is 1.21. The molecule has 0 heterocycles. The normalized spacial score (nSPS) is 11.6. The van der Waals surface area contributed by atoms with Crippen LogP contribution in [0.4, 0.5) is 5.69 Å². The standard InChI is InChI=1S/C15H26N2/c1-6-15(2,3)12-16-11-13-7-9-14(10-8-13)17(4)5/h7-10,16H,6,11-12H2,1-5H3. The van der Waals surface area contributed by atoms with Gasteiger partial charge in [0.2, 0.25) is 0 Å². The molecular weight excluding hydrogens is 208 g/mol. The highest BCUT2D eigenvalue weighted by Gasteiger charge is 2.13. The van der Waals surface area contributed by atoms with Gasteiger partial charge in [0.25, 0.3) is 0 Å². The molecule has 96 valence electrons. The zero-order chi connectivity index (χ0) is 12.9. The molecule has 0 aliphatic rings. The minimum atomic E-state index is 0.392. The second-order valence-electron chi connectivity index (χ2n) is 5.68. The first-order valence-corrected chi connectivity index (χ1v) is 6.41. The van der Waals surface area contributed by atoms with Crippen LogP contribution in [0.5, 0.6) is 0 Å². The molecule has 0 fully saturated rings. The van der Waals surface area contributed by atoms with E-state index in [-0.39, 0.29) is 0 Å². The molecule has 0 unspecified atom stereocenters. The largest absolute Gasteiger partial charge is 0.378 e. The van der Waals surface area contributed by atoms with E-state index in [4.69, 9.17) is 0 Å². The van der Waals surface area contributed by atoms with Crippen LogP contribution >= 0.6 is 0 Å². The number of anilines is 1. The summed E-state index contributed by atoms with van der Waals surface area (Å²) >= 11 is 0. The van der Waals surface area contributed by atoms with Gasteiger partial charge in [0.15, 0.2) is 0 Å². The molecule has 0 aliphatic carbocycles. The average Bonchev–Trinajstić information content (AvgIpc) is 2.29. The zero-order valence-corrected chi connectivity index (χ0v) is 11.9. The molecule has 17 heavy (non-hydrogen) atoms. The lowest BCUT2D eigenvalue weighted by molar-refractivity contribution is 0.327. The summed E-state index contributed by atoms with van der Waals surface area (Å²) in [4.78, 5) is 2.12. The van der Waals surface area contributed by atoms with E-state index >= 15 is 0 Å². The lowest BCUT2D eigenvalue weighted by atomic mass is 9.90. The van der Waals surface area contributed by atoms with Gasteiger partial charge < -0.3 is 10.2 Å². The fraction of sp³-hybridized carbons (Fsp3) is 0.600. The maximum Gasteiger partial charge on any atom is 0.0361 e. The molecule has 0 aromatic heterocycles. The second kappa shape index (κ2) is 6.06. The zero-order valence-electron chi connectivity index (χ0n) is 11.9. The van der Waals surface area contributed by atoms with Crippen molar-refractivity contribution in [3.05, 3.63) is 29.8 Å².